The molecule has 1 saturated heterocycles. The maximum atomic E-state index is 12.3. The number of ether oxygens (including phenoxy) is 1. The molecular weight excluding hydrogens is 330 g/mol. The summed E-state index contributed by atoms with van der Waals surface area (Å²) in [5.74, 6) is 0. The summed E-state index contributed by atoms with van der Waals surface area (Å²) < 4.78 is 32.3. The molecule has 0 unspecified atom stereocenters. The van der Waals surface area contributed by atoms with E-state index in [1.165, 1.54) is 12.1 Å². The van der Waals surface area contributed by atoms with Crippen LogP contribution in [0.2, 0.25) is 0 Å². The number of nitrogens with zero attached hydrogens (tertiary/aromatic N) is 1. The van der Waals surface area contributed by atoms with E-state index in [0.29, 0.717) is 17.9 Å². The molecule has 1 aromatic rings. The van der Waals surface area contributed by atoms with Crippen molar-refractivity contribution in [3.8, 4) is 0 Å². The molecule has 22 heavy (non-hydrogen) atoms. The third kappa shape index (κ3) is 4.02. The minimum atomic E-state index is -3.74. The van der Waals surface area contributed by atoms with E-state index in [1.54, 1.807) is 7.11 Å². The van der Waals surface area contributed by atoms with Crippen LogP contribution in [-0.4, -0.2) is 46.7 Å². The number of sulfonamides is 1. The zero-order chi connectivity index (χ0) is 16.2. The van der Waals surface area contributed by atoms with Gasteiger partial charge in [-0.2, -0.15) is 0 Å². The van der Waals surface area contributed by atoms with Gasteiger partial charge in [-0.15, -0.1) is 0 Å². The van der Waals surface area contributed by atoms with Gasteiger partial charge in [0.25, 0.3) is 0 Å². The van der Waals surface area contributed by atoms with E-state index in [9.17, 15) is 18.5 Å². The first-order valence-electron chi connectivity index (χ1n) is 6.82. The Morgan fingerprint density at radius 2 is 2.14 bits per heavy atom. The second kappa shape index (κ2) is 7.01. The number of hydrogen-bond donors (Lipinski definition) is 2. The largest absolute Gasteiger partial charge is 0.384 e. The summed E-state index contributed by atoms with van der Waals surface area (Å²) >= 11 is 0.654. The van der Waals surface area contributed by atoms with Gasteiger partial charge in [-0.05, 0) is 43.3 Å². The van der Waals surface area contributed by atoms with E-state index in [1.807, 2.05) is 0 Å². The van der Waals surface area contributed by atoms with Crippen LogP contribution in [0.25, 0.3) is 0 Å². The SMILES string of the molecule is COCC1(CNS(=O)(=O)c2ccc([N+](=O)[O-])s2)CCNCC1. The van der Waals surface area contributed by atoms with Crippen LogP contribution in [0.4, 0.5) is 5.00 Å². The van der Waals surface area contributed by atoms with Gasteiger partial charge in [0.2, 0.25) is 10.0 Å². The second-order valence-corrected chi connectivity index (χ2v) is 8.41. The van der Waals surface area contributed by atoms with Crippen LogP contribution in [0.5, 0.6) is 0 Å². The summed E-state index contributed by atoms with van der Waals surface area (Å²) in [7, 11) is -2.14. The molecule has 0 saturated carbocycles. The van der Waals surface area contributed by atoms with Crippen molar-refractivity contribution in [1.82, 2.24) is 10.0 Å². The summed E-state index contributed by atoms with van der Waals surface area (Å²) in [5.41, 5.74) is -0.240. The lowest BCUT2D eigenvalue weighted by molar-refractivity contribution is -0.380. The molecule has 2 rings (SSSR count). The molecule has 1 fully saturated rings. The average molecular weight is 349 g/mol. The molecule has 2 heterocycles. The van der Waals surface area contributed by atoms with Gasteiger partial charge in [0.1, 0.15) is 4.21 Å². The van der Waals surface area contributed by atoms with E-state index in [2.05, 4.69) is 10.0 Å². The maximum absolute atomic E-state index is 12.3. The van der Waals surface area contributed by atoms with Crippen LogP contribution in [0.15, 0.2) is 16.3 Å². The Kier molecular flexibility index (Phi) is 5.50. The highest BCUT2D eigenvalue weighted by molar-refractivity contribution is 7.91. The highest BCUT2D eigenvalue weighted by atomic mass is 32.2. The molecule has 1 aromatic heterocycles. The molecule has 0 bridgehead atoms. The minimum absolute atomic E-state index is 0.0410. The lowest BCUT2D eigenvalue weighted by Gasteiger charge is -2.37. The van der Waals surface area contributed by atoms with Crippen LogP contribution >= 0.6 is 11.3 Å². The Hall–Kier alpha value is -1.07. The standard InChI is InChI=1S/C12H19N3O5S2/c1-20-9-12(4-6-13-7-5-12)8-14-22(18,19)11-3-2-10(21-11)15(16)17/h2-3,13-14H,4-9H2,1H3. The Morgan fingerprint density at radius 3 is 2.68 bits per heavy atom. The van der Waals surface area contributed by atoms with Gasteiger partial charge < -0.3 is 10.1 Å². The predicted molar refractivity (Wildman–Crippen MR) is 82.6 cm³/mol. The molecule has 124 valence electrons. The molecule has 0 amide bonds. The van der Waals surface area contributed by atoms with E-state index < -0.39 is 14.9 Å². The van der Waals surface area contributed by atoms with E-state index >= 15 is 0 Å². The van der Waals surface area contributed by atoms with Crippen LogP contribution in [0, 0.1) is 15.5 Å². The Bertz CT molecular complexity index is 617. The smallest absolute Gasteiger partial charge is 0.325 e. The monoisotopic (exact) mass is 349 g/mol. The quantitative estimate of drug-likeness (QED) is 0.560. The average Bonchev–Trinajstić information content (AvgIpc) is 2.98. The normalized spacial score (nSPS) is 18.2. The van der Waals surface area contributed by atoms with Crippen molar-refractivity contribution in [1.29, 1.82) is 0 Å². The van der Waals surface area contributed by atoms with Crippen LogP contribution in [0.1, 0.15) is 12.8 Å². The third-order valence-electron chi connectivity index (χ3n) is 3.76. The third-order valence-corrected chi connectivity index (χ3v) is 6.69. The summed E-state index contributed by atoms with van der Waals surface area (Å²) in [6, 6.07) is 2.46. The number of nitrogens with one attached hydrogen (secondary N) is 2. The first-order chi connectivity index (χ1) is 10.4. The van der Waals surface area contributed by atoms with Gasteiger partial charge in [0.15, 0.2) is 0 Å². The fourth-order valence-electron chi connectivity index (χ4n) is 2.51. The highest BCUT2D eigenvalue weighted by Crippen LogP contribution is 2.31. The first kappa shape index (κ1) is 17.3. The molecule has 0 aliphatic carbocycles. The molecule has 0 atom stereocenters. The Balaban J connectivity index is 2.08. The van der Waals surface area contributed by atoms with Crippen molar-refractivity contribution in [3.63, 3.8) is 0 Å². The number of hydrogen-bond acceptors (Lipinski definition) is 7. The van der Waals surface area contributed by atoms with Gasteiger partial charge in [0.05, 0.1) is 11.5 Å². The van der Waals surface area contributed by atoms with Crippen LogP contribution < -0.4 is 10.0 Å². The first-order valence-corrected chi connectivity index (χ1v) is 9.12. The van der Waals surface area contributed by atoms with Gasteiger partial charge >= 0.3 is 5.00 Å². The highest BCUT2D eigenvalue weighted by Gasteiger charge is 2.34. The molecule has 10 heteroatoms. The summed E-state index contributed by atoms with van der Waals surface area (Å²) in [6.07, 6.45) is 1.63. The molecule has 0 spiro atoms. The van der Waals surface area contributed by atoms with Crippen molar-refractivity contribution in [3.05, 3.63) is 22.2 Å². The maximum Gasteiger partial charge on any atom is 0.325 e. The van der Waals surface area contributed by atoms with Crippen molar-refractivity contribution >= 4 is 26.4 Å². The number of piperidine rings is 1. The predicted octanol–water partition coefficient (Wildman–Crippen LogP) is 0.951. The summed E-state index contributed by atoms with van der Waals surface area (Å²) in [5, 5.41) is 13.7. The Labute approximate surface area is 133 Å². The number of rotatable bonds is 7. The molecule has 0 radical (unpaired) electrons. The lowest BCUT2D eigenvalue weighted by atomic mass is 9.80. The molecule has 0 aromatic carbocycles. The van der Waals surface area contributed by atoms with Gasteiger partial charge in [-0.1, -0.05) is 0 Å². The number of thiophene rings is 1. The van der Waals surface area contributed by atoms with Crippen molar-refractivity contribution < 1.29 is 18.1 Å². The van der Waals surface area contributed by atoms with Crippen LogP contribution in [-0.2, 0) is 14.8 Å². The van der Waals surface area contributed by atoms with E-state index in [0.717, 1.165) is 25.9 Å². The lowest BCUT2D eigenvalue weighted by Crippen LogP contribution is -2.47. The number of methoxy groups -OCH3 is 1. The number of nitro groups is 1. The van der Waals surface area contributed by atoms with Crippen molar-refractivity contribution in [2.45, 2.75) is 17.1 Å². The molecule has 2 N–H and O–H groups in total. The van der Waals surface area contributed by atoms with E-state index in [4.69, 9.17) is 4.74 Å². The second-order valence-electron chi connectivity index (χ2n) is 5.36. The minimum Gasteiger partial charge on any atom is -0.384 e. The fraction of sp³-hybridized carbons (Fsp3) is 0.667. The fourth-order valence-corrected chi connectivity index (χ4v) is 4.82. The van der Waals surface area contributed by atoms with Gasteiger partial charge in [0, 0.05) is 25.1 Å². The summed E-state index contributed by atoms with van der Waals surface area (Å²) in [4.78, 5) is 10.1. The zero-order valence-corrected chi connectivity index (χ0v) is 13.8. The molecule has 8 nitrogen and oxygen atoms in total. The van der Waals surface area contributed by atoms with E-state index in [-0.39, 0.29) is 21.2 Å². The molecular formula is C12H19N3O5S2. The summed E-state index contributed by atoms with van der Waals surface area (Å²) in [6.45, 7) is 2.36. The van der Waals surface area contributed by atoms with Crippen LogP contribution in [0.3, 0.4) is 0 Å². The molecule has 1 aliphatic heterocycles. The molecule has 1 aliphatic rings. The Morgan fingerprint density at radius 1 is 1.45 bits per heavy atom. The topological polar surface area (TPSA) is 111 Å². The zero-order valence-electron chi connectivity index (χ0n) is 12.2. The van der Waals surface area contributed by atoms with Gasteiger partial charge in [-0.3, -0.25) is 10.1 Å². The van der Waals surface area contributed by atoms with Gasteiger partial charge in [-0.25, -0.2) is 13.1 Å². The van der Waals surface area contributed by atoms with Crippen molar-refractivity contribution in [2.24, 2.45) is 5.41 Å². The van der Waals surface area contributed by atoms with Crippen molar-refractivity contribution in [2.75, 3.05) is 33.4 Å².